The molecule has 2 amide bonds. The van der Waals surface area contributed by atoms with Crippen LogP contribution in [0.25, 0.3) is 0 Å². The zero-order valence-corrected chi connectivity index (χ0v) is 17.0. The molecule has 0 atom stereocenters. The Balaban J connectivity index is 1.54. The van der Waals surface area contributed by atoms with Gasteiger partial charge in [-0.25, -0.2) is 4.39 Å². The smallest absolute Gasteiger partial charge is 0.259 e. The highest BCUT2D eigenvalue weighted by Crippen LogP contribution is 2.29. The number of aromatic nitrogens is 2. The molecule has 6 nitrogen and oxygen atoms in total. The number of hydrogen-bond donors (Lipinski definition) is 2. The first-order valence-corrected chi connectivity index (χ1v) is 9.94. The lowest BCUT2D eigenvalue weighted by Gasteiger charge is -2.08. The second kappa shape index (κ2) is 9.69. The molecular formula is C19H13Cl2FN4O2S. The maximum Gasteiger partial charge on any atom is 0.259 e. The van der Waals surface area contributed by atoms with Gasteiger partial charge in [-0.2, -0.15) is 0 Å². The van der Waals surface area contributed by atoms with Crippen LogP contribution in [0.4, 0.5) is 15.9 Å². The third-order valence-corrected chi connectivity index (χ3v) is 5.32. The summed E-state index contributed by atoms with van der Waals surface area (Å²) in [5.41, 5.74) is 0.325. The molecule has 1 aromatic heterocycles. The number of halogens is 3. The predicted octanol–water partition coefficient (Wildman–Crippen LogP) is 4.91. The van der Waals surface area contributed by atoms with Gasteiger partial charge in [-0.15, -0.1) is 10.2 Å². The van der Waals surface area contributed by atoms with Crippen molar-refractivity contribution in [3.63, 3.8) is 0 Å². The first-order chi connectivity index (χ1) is 13.9. The molecule has 2 N–H and O–H groups in total. The first-order valence-electron chi connectivity index (χ1n) is 8.20. The van der Waals surface area contributed by atoms with Crippen molar-refractivity contribution in [2.24, 2.45) is 0 Å². The van der Waals surface area contributed by atoms with Gasteiger partial charge in [0.1, 0.15) is 10.8 Å². The van der Waals surface area contributed by atoms with E-state index in [-0.39, 0.29) is 28.1 Å². The number of carbonyl (C=O) groups excluding carboxylic acids is 2. The molecule has 0 spiro atoms. The lowest BCUT2D eigenvalue weighted by Crippen LogP contribution is -2.15. The van der Waals surface area contributed by atoms with E-state index in [4.69, 9.17) is 23.2 Å². The van der Waals surface area contributed by atoms with Gasteiger partial charge in [-0.3, -0.25) is 9.59 Å². The Morgan fingerprint density at radius 1 is 0.966 bits per heavy atom. The number of carbonyl (C=O) groups is 2. The summed E-state index contributed by atoms with van der Waals surface area (Å²) < 4.78 is 13.6. The lowest BCUT2D eigenvalue weighted by molar-refractivity contribution is -0.113. The maximum atomic E-state index is 13.6. The van der Waals surface area contributed by atoms with Crippen molar-refractivity contribution in [2.75, 3.05) is 16.4 Å². The van der Waals surface area contributed by atoms with Crippen LogP contribution in [-0.2, 0) is 4.79 Å². The van der Waals surface area contributed by atoms with Gasteiger partial charge in [-0.05, 0) is 36.4 Å². The quantitative estimate of drug-likeness (QED) is 0.521. The van der Waals surface area contributed by atoms with Gasteiger partial charge in [0, 0.05) is 0 Å². The Morgan fingerprint density at radius 3 is 2.48 bits per heavy atom. The summed E-state index contributed by atoms with van der Waals surface area (Å²) >= 11 is 13.1. The molecule has 2 aromatic carbocycles. The van der Waals surface area contributed by atoms with Crippen LogP contribution < -0.4 is 10.6 Å². The molecule has 0 aliphatic carbocycles. The number of anilines is 2. The first kappa shape index (κ1) is 21.0. The summed E-state index contributed by atoms with van der Waals surface area (Å²) in [5, 5.41) is 14.0. The highest BCUT2D eigenvalue weighted by molar-refractivity contribution is 7.99. The summed E-state index contributed by atoms with van der Waals surface area (Å²) in [4.78, 5) is 24.1. The number of thioether (sulfide) groups is 1. The minimum absolute atomic E-state index is 0.0679. The predicted molar refractivity (Wildman–Crippen MR) is 112 cm³/mol. The van der Waals surface area contributed by atoms with E-state index in [1.807, 2.05) is 0 Å². The molecule has 3 rings (SSSR count). The zero-order chi connectivity index (χ0) is 20.8. The highest BCUT2D eigenvalue weighted by atomic mass is 35.5. The molecule has 0 saturated heterocycles. The molecule has 0 unspecified atom stereocenters. The van der Waals surface area contributed by atoms with Gasteiger partial charge in [0.05, 0.1) is 27.0 Å². The van der Waals surface area contributed by atoms with Crippen LogP contribution in [0.3, 0.4) is 0 Å². The Kier molecular flexibility index (Phi) is 7.03. The minimum atomic E-state index is -0.629. The van der Waals surface area contributed by atoms with Crippen LogP contribution in [0.15, 0.2) is 59.6 Å². The number of nitrogens with one attached hydrogen (secondary N) is 2. The van der Waals surface area contributed by atoms with E-state index >= 15 is 0 Å². The molecule has 3 aromatic rings. The fourth-order valence-corrected chi connectivity index (χ4v) is 3.18. The molecule has 1 heterocycles. The van der Waals surface area contributed by atoms with E-state index in [1.54, 1.807) is 30.3 Å². The van der Waals surface area contributed by atoms with Crippen LogP contribution in [0, 0.1) is 5.82 Å². The maximum absolute atomic E-state index is 13.6. The second-order valence-electron chi connectivity index (χ2n) is 5.63. The van der Waals surface area contributed by atoms with E-state index in [9.17, 15) is 14.0 Å². The van der Waals surface area contributed by atoms with Crippen molar-refractivity contribution in [1.82, 2.24) is 10.2 Å². The van der Waals surface area contributed by atoms with Gasteiger partial charge < -0.3 is 10.6 Å². The molecule has 0 aliphatic heterocycles. The molecule has 0 aliphatic rings. The molecule has 29 heavy (non-hydrogen) atoms. The normalized spacial score (nSPS) is 10.4. The molecular weight excluding hydrogens is 438 g/mol. The average Bonchev–Trinajstić information content (AvgIpc) is 2.71. The molecule has 0 radical (unpaired) electrons. The lowest BCUT2D eigenvalue weighted by atomic mass is 10.2. The number of amides is 2. The molecule has 10 heteroatoms. The van der Waals surface area contributed by atoms with Crippen molar-refractivity contribution < 1.29 is 14.0 Å². The van der Waals surface area contributed by atoms with E-state index in [1.165, 1.54) is 24.3 Å². The number of nitrogens with zero attached hydrogens (tertiary/aromatic N) is 2. The van der Waals surface area contributed by atoms with Crippen molar-refractivity contribution in [1.29, 1.82) is 0 Å². The fraction of sp³-hybridized carbons (Fsp3) is 0.0526. The summed E-state index contributed by atoms with van der Waals surface area (Å²) in [5.74, 6) is -1.32. The molecule has 0 saturated carbocycles. The van der Waals surface area contributed by atoms with Crippen molar-refractivity contribution in [3.8, 4) is 0 Å². The summed E-state index contributed by atoms with van der Waals surface area (Å²) in [6.07, 6.45) is 0. The van der Waals surface area contributed by atoms with E-state index in [0.29, 0.717) is 15.7 Å². The van der Waals surface area contributed by atoms with E-state index in [0.717, 1.165) is 11.8 Å². The van der Waals surface area contributed by atoms with Gasteiger partial charge in [0.15, 0.2) is 5.82 Å². The minimum Gasteiger partial charge on any atom is -0.324 e. The van der Waals surface area contributed by atoms with Gasteiger partial charge in [-0.1, -0.05) is 53.2 Å². The average molecular weight is 451 g/mol. The molecule has 0 fully saturated rings. The van der Waals surface area contributed by atoms with Gasteiger partial charge in [0.2, 0.25) is 5.91 Å². The topological polar surface area (TPSA) is 84.0 Å². The van der Waals surface area contributed by atoms with E-state index < -0.39 is 11.7 Å². The third kappa shape index (κ3) is 5.66. The molecule has 0 bridgehead atoms. The zero-order valence-electron chi connectivity index (χ0n) is 14.7. The summed E-state index contributed by atoms with van der Waals surface area (Å²) in [6.45, 7) is 0. The summed E-state index contributed by atoms with van der Waals surface area (Å²) in [6, 6.07) is 13.7. The largest absolute Gasteiger partial charge is 0.324 e. The van der Waals surface area contributed by atoms with Crippen molar-refractivity contribution in [2.45, 2.75) is 5.03 Å². The summed E-state index contributed by atoms with van der Waals surface area (Å²) in [7, 11) is 0. The van der Waals surface area contributed by atoms with Crippen LogP contribution in [0.2, 0.25) is 10.0 Å². The van der Waals surface area contributed by atoms with Crippen LogP contribution >= 0.6 is 35.0 Å². The number of rotatable bonds is 6. The fourth-order valence-electron chi connectivity index (χ4n) is 2.22. The Morgan fingerprint density at radius 2 is 1.76 bits per heavy atom. The Hall–Kier alpha value is -2.68. The molecule has 148 valence electrons. The Bertz CT molecular complexity index is 1050. The van der Waals surface area contributed by atoms with Crippen LogP contribution in [0.1, 0.15) is 10.4 Å². The standard InChI is InChI=1S/C19H13Cl2FN4O2S/c20-12-5-3-7-14(18(12)21)23-16(27)10-29-17-9-8-15(25-26-17)24-19(28)11-4-1-2-6-13(11)22/h1-9H,10H2,(H,23,27)(H,24,25,28). The van der Waals surface area contributed by atoms with Crippen molar-refractivity contribution in [3.05, 3.63) is 76.0 Å². The van der Waals surface area contributed by atoms with Crippen LogP contribution in [0.5, 0.6) is 0 Å². The SMILES string of the molecule is O=C(CSc1ccc(NC(=O)c2ccccc2F)nn1)Nc1cccc(Cl)c1Cl. The second-order valence-corrected chi connectivity index (χ2v) is 7.41. The highest BCUT2D eigenvalue weighted by Gasteiger charge is 2.13. The van der Waals surface area contributed by atoms with Gasteiger partial charge in [0.25, 0.3) is 5.91 Å². The van der Waals surface area contributed by atoms with Crippen LogP contribution in [-0.4, -0.2) is 27.8 Å². The monoisotopic (exact) mass is 450 g/mol. The Labute approximate surface area is 179 Å². The van der Waals surface area contributed by atoms with E-state index in [2.05, 4.69) is 20.8 Å². The third-order valence-electron chi connectivity index (χ3n) is 3.58. The van der Waals surface area contributed by atoms with Gasteiger partial charge >= 0.3 is 0 Å². The number of hydrogen-bond acceptors (Lipinski definition) is 5. The van der Waals surface area contributed by atoms with Crippen molar-refractivity contribution >= 4 is 58.3 Å². The number of benzene rings is 2.